The highest BCUT2D eigenvalue weighted by Crippen LogP contribution is 2.17. The Labute approximate surface area is 123 Å². The molecule has 0 aliphatic carbocycles. The molecule has 0 spiro atoms. The quantitative estimate of drug-likeness (QED) is 0.657. The lowest BCUT2D eigenvalue weighted by molar-refractivity contribution is -0.384. The summed E-state index contributed by atoms with van der Waals surface area (Å²) in [7, 11) is 1.77. The van der Waals surface area contributed by atoms with Crippen LogP contribution in [-0.2, 0) is 0 Å². The van der Waals surface area contributed by atoms with Crippen LogP contribution in [0.1, 0.15) is 12.8 Å². The van der Waals surface area contributed by atoms with E-state index in [9.17, 15) is 14.9 Å². The van der Waals surface area contributed by atoms with Crippen molar-refractivity contribution in [3.63, 3.8) is 0 Å². The number of carbonyl (C=O) groups excluding carboxylic acids is 1. The lowest BCUT2D eigenvalue weighted by Gasteiger charge is -2.27. The van der Waals surface area contributed by atoms with Gasteiger partial charge in [-0.25, -0.2) is 4.79 Å². The number of benzene rings is 1. The van der Waals surface area contributed by atoms with E-state index in [2.05, 4.69) is 10.6 Å². The molecular weight excluding hydrogens is 272 g/mol. The van der Waals surface area contributed by atoms with Gasteiger partial charge in [-0.05, 0) is 44.0 Å². The molecule has 21 heavy (non-hydrogen) atoms. The molecule has 0 atom stereocenters. The average molecular weight is 292 g/mol. The topological polar surface area (TPSA) is 87.5 Å². The molecule has 1 heterocycles. The molecule has 1 aromatic carbocycles. The van der Waals surface area contributed by atoms with Crippen molar-refractivity contribution in [2.75, 3.05) is 32.0 Å². The molecule has 1 aromatic rings. The molecule has 7 heteroatoms. The Kier molecular flexibility index (Phi) is 5.10. The Morgan fingerprint density at radius 3 is 2.57 bits per heavy atom. The summed E-state index contributed by atoms with van der Waals surface area (Å²) in [5, 5.41) is 16.6. The predicted octanol–water partition coefficient (Wildman–Crippen LogP) is 2.06. The molecule has 2 N–H and O–H groups in total. The van der Waals surface area contributed by atoms with Crippen molar-refractivity contribution < 1.29 is 9.72 Å². The van der Waals surface area contributed by atoms with Gasteiger partial charge in [-0.3, -0.25) is 10.1 Å². The van der Waals surface area contributed by atoms with Crippen molar-refractivity contribution in [3.05, 3.63) is 34.4 Å². The maximum absolute atomic E-state index is 12.1. The van der Waals surface area contributed by atoms with Crippen molar-refractivity contribution in [1.29, 1.82) is 0 Å². The molecule has 7 nitrogen and oxygen atoms in total. The number of rotatable bonds is 4. The minimum Gasteiger partial charge on any atom is -0.327 e. The van der Waals surface area contributed by atoms with Crippen LogP contribution in [0.3, 0.4) is 0 Å². The second-order valence-corrected chi connectivity index (χ2v) is 5.31. The van der Waals surface area contributed by atoms with Crippen molar-refractivity contribution in [1.82, 2.24) is 10.2 Å². The summed E-state index contributed by atoms with van der Waals surface area (Å²) in [5.41, 5.74) is 0.568. The fourth-order valence-electron chi connectivity index (χ4n) is 2.42. The molecule has 0 radical (unpaired) electrons. The van der Waals surface area contributed by atoms with E-state index in [0.29, 0.717) is 11.6 Å². The Hall–Kier alpha value is -2.15. The molecule has 1 fully saturated rings. The standard InChI is InChI=1S/C14H20N4O3/c1-17(10-11-6-8-15-9-7-11)14(19)16-12-2-4-13(5-3-12)18(20)21/h2-5,11,15H,6-10H2,1H3,(H,16,19). The molecular formula is C14H20N4O3. The normalized spacial score (nSPS) is 15.5. The van der Waals surface area contributed by atoms with Gasteiger partial charge < -0.3 is 15.5 Å². The van der Waals surface area contributed by atoms with E-state index in [1.807, 2.05) is 0 Å². The summed E-state index contributed by atoms with van der Waals surface area (Å²) in [6.07, 6.45) is 2.16. The SMILES string of the molecule is CN(CC1CCNCC1)C(=O)Nc1ccc([N+](=O)[O-])cc1. The minimum absolute atomic E-state index is 0.0102. The van der Waals surface area contributed by atoms with E-state index < -0.39 is 4.92 Å². The zero-order valence-electron chi connectivity index (χ0n) is 12.0. The van der Waals surface area contributed by atoms with Gasteiger partial charge in [-0.15, -0.1) is 0 Å². The highest BCUT2D eigenvalue weighted by atomic mass is 16.6. The summed E-state index contributed by atoms with van der Waals surface area (Å²) in [6.45, 7) is 2.73. The monoisotopic (exact) mass is 292 g/mol. The van der Waals surface area contributed by atoms with Crippen LogP contribution in [0.15, 0.2) is 24.3 Å². The number of amides is 2. The maximum atomic E-state index is 12.1. The summed E-state index contributed by atoms with van der Waals surface area (Å²) in [5.74, 6) is 0.527. The van der Waals surface area contributed by atoms with Gasteiger partial charge in [0.1, 0.15) is 0 Å². The van der Waals surface area contributed by atoms with Gasteiger partial charge in [0, 0.05) is 31.4 Å². The number of nitrogens with one attached hydrogen (secondary N) is 2. The van der Waals surface area contributed by atoms with Crippen LogP contribution in [0, 0.1) is 16.0 Å². The van der Waals surface area contributed by atoms with Crippen LogP contribution >= 0.6 is 0 Å². The van der Waals surface area contributed by atoms with Crippen molar-refractivity contribution in [2.24, 2.45) is 5.92 Å². The highest BCUT2D eigenvalue weighted by molar-refractivity contribution is 5.89. The zero-order valence-corrected chi connectivity index (χ0v) is 12.0. The Bertz CT molecular complexity index is 497. The van der Waals surface area contributed by atoms with Crippen molar-refractivity contribution >= 4 is 17.4 Å². The first-order valence-corrected chi connectivity index (χ1v) is 7.03. The molecule has 1 saturated heterocycles. The molecule has 0 unspecified atom stereocenters. The molecule has 1 aliphatic rings. The van der Waals surface area contributed by atoms with Crippen LogP contribution in [0.5, 0.6) is 0 Å². The second-order valence-electron chi connectivity index (χ2n) is 5.31. The summed E-state index contributed by atoms with van der Waals surface area (Å²) in [6, 6.07) is 5.63. The van der Waals surface area contributed by atoms with Crippen LogP contribution in [0.25, 0.3) is 0 Å². The minimum atomic E-state index is -0.463. The van der Waals surface area contributed by atoms with Gasteiger partial charge in [0.05, 0.1) is 4.92 Å². The number of nitro benzene ring substituents is 1. The van der Waals surface area contributed by atoms with Gasteiger partial charge >= 0.3 is 6.03 Å². The number of hydrogen-bond donors (Lipinski definition) is 2. The molecule has 2 amide bonds. The van der Waals surface area contributed by atoms with Crippen LogP contribution < -0.4 is 10.6 Å². The largest absolute Gasteiger partial charge is 0.327 e. The number of hydrogen-bond acceptors (Lipinski definition) is 4. The van der Waals surface area contributed by atoms with E-state index >= 15 is 0 Å². The maximum Gasteiger partial charge on any atom is 0.321 e. The number of piperidine rings is 1. The van der Waals surface area contributed by atoms with Crippen molar-refractivity contribution in [2.45, 2.75) is 12.8 Å². The van der Waals surface area contributed by atoms with Gasteiger partial charge in [0.25, 0.3) is 5.69 Å². The number of nitro groups is 1. The Balaban J connectivity index is 1.86. The molecule has 1 aliphatic heterocycles. The van der Waals surface area contributed by atoms with E-state index in [0.717, 1.165) is 32.5 Å². The lowest BCUT2D eigenvalue weighted by Crippen LogP contribution is -2.39. The highest BCUT2D eigenvalue weighted by Gasteiger charge is 2.18. The molecule has 0 bridgehead atoms. The van der Waals surface area contributed by atoms with E-state index in [1.54, 1.807) is 11.9 Å². The van der Waals surface area contributed by atoms with Crippen LogP contribution in [-0.4, -0.2) is 42.5 Å². The number of anilines is 1. The fourth-order valence-corrected chi connectivity index (χ4v) is 2.42. The fraction of sp³-hybridized carbons (Fsp3) is 0.500. The predicted molar refractivity (Wildman–Crippen MR) is 80.3 cm³/mol. The summed E-state index contributed by atoms with van der Waals surface area (Å²) >= 11 is 0. The Morgan fingerprint density at radius 1 is 1.38 bits per heavy atom. The van der Waals surface area contributed by atoms with E-state index in [-0.39, 0.29) is 11.7 Å². The lowest BCUT2D eigenvalue weighted by atomic mass is 9.98. The molecule has 0 saturated carbocycles. The first kappa shape index (κ1) is 15.2. The van der Waals surface area contributed by atoms with E-state index in [1.165, 1.54) is 24.3 Å². The molecule has 114 valence electrons. The first-order valence-electron chi connectivity index (χ1n) is 7.03. The number of nitrogens with zero attached hydrogens (tertiary/aromatic N) is 2. The number of carbonyl (C=O) groups is 1. The third-order valence-electron chi connectivity index (χ3n) is 3.67. The smallest absolute Gasteiger partial charge is 0.321 e. The van der Waals surface area contributed by atoms with E-state index in [4.69, 9.17) is 0 Å². The first-order chi connectivity index (χ1) is 10.1. The number of non-ortho nitro benzene ring substituents is 1. The zero-order chi connectivity index (χ0) is 15.2. The number of urea groups is 1. The van der Waals surface area contributed by atoms with Crippen LogP contribution in [0.2, 0.25) is 0 Å². The molecule has 2 rings (SSSR count). The van der Waals surface area contributed by atoms with Crippen molar-refractivity contribution in [3.8, 4) is 0 Å². The average Bonchev–Trinajstić information content (AvgIpc) is 2.48. The van der Waals surface area contributed by atoms with Gasteiger partial charge in [-0.1, -0.05) is 0 Å². The Morgan fingerprint density at radius 2 is 2.00 bits per heavy atom. The second kappa shape index (κ2) is 7.03. The van der Waals surface area contributed by atoms with Gasteiger partial charge in [-0.2, -0.15) is 0 Å². The summed E-state index contributed by atoms with van der Waals surface area (Å²) < 4.78 is 0. The van der Waals surface area contributed by atoms with Crippen LogP contribution in [0.4, 0.5) is 16.2 Å². The summed E-state index contributed by atoms with van der Waals surface area (Å²) in [4.78, 5) is 23.8. The van der Waals surface area contributed by atoms with Gasteiger partial charge in [0.15, 0.2) is 0 Å². The third kappa shape index (κ3) is 4.42. The third-order valence-corrected chi connectivity index (χ3v) is 3.67. The van der Waals surface area contributed by atoms with Gasteiger partial charge in [0.2, 0.25) is 0 Å². The molecule has 0 aromatic heterocycles.